The number of urea groups is 1. The van der Waals surface area contributed by atoms with Gasteiger partial charge in [0.1, 0.15) is 17.7 Å². The number of pyridine rings is 1. The van der Waals surface area contributed by atoms with Gasteiger partial charge in [0.2, 0.25) is 17.7 Å². The van der Waals surface area contributed by atoms with E-state index in [0.29, 0.717) is 0 Å². The molecule has 2 heterocycles. The van der Waals surface area contributed by atoms with Crippen molar-refractivity contribution in [2.75, 3.05) is 39.9 Å². The molecule has 2 amide bonds. The number of hydrogen-bond donors (Lipinski definition) is 2. The molecule has 0 radical (unpaired) electrons. The van der Waals surface area contributed by atoms with Crippen molar-refractivity contribution in [2.24, 2.45) is 0 Å². The number of halogens is 1. The lowest BCUT2D eigenvalue weighted by Crippen LogP contribution is -2.35. The zero-order valence-corrected chi connectivity index (χ0v) is 18.7. The number of methoxy groups -OCH3 is 3. The smallest absolute Gasteiger partial charge is 0.335 e. The second-order valence-electron chi connectivity index (χ2n) is 6.18. The Balaban J connectivity index is 2.09. The van der Waals surface area contributed by atoms with Crippen LogP contribution >= 0.6 is 0 Å². The lowest BCUT2D eigenvalue weighted by molar-refractivity contribution is -0.146. The monoisotopic (exact) mass is 487 g/mol. The van der Waals surface area contributed by atoms with Gasteiger partial charge in [-0.15, -0.1) is 0 Å². The number of ether oxygens (including phenoxy) is 4. The average molecular weight is 487 g/mol. The summed E-state index contributed by atoms with van der Waals surface area (Å²) in [6, 6.07) is 2.64. The standard InChI is InChI=1S/C18H22FN5O8S/c1-29-14-8-15(30-2)22-17(21-14)23-18(26)24-33(27,28)13-5-4-6-20-12(13)7-11(19)9-32-10-16(25)31-3/h4-6,8,11H,7,9-10H2,1-3H3,(H2,21,22,23,24,26). The predicted molar refractivity (Wildman–Crippen MR) is 110 cm³/mol. The molecule has 2 N–H and O–H groups in total. The lowest BCUT2D eigenvalue weighted by atomic mass is 10.2. The zero-order valence-electron chi connectivity index (χ0n) is 17.9. The molecule has 0 saturated heterocycles. The van der Waals surface area contributed by atoms with Crippen LogP contribution in [-0.4, -0.2) is 76.1 Å². The summed E-state index contributed by atoms with van der Waals surface area (Å²) in [5, 5.41) is 2.15. The first kappa shape index (κ1) is 25.7. The molecule has 0 saturated carbocycles. The Bertz CT molecular complexity index is 1060. The Hall–Kier alpha value is -3.59. The van der Waals surface area contributed by atoms with Crippen LogP contribution in [0.15, 0.2) is 29.3 Å². The molecular weight excluding hydrogens is 465 g/mol. The SMILES string of the molecule is COC(=O)COCC(F)Cc1ncccc1S(=O)(=O)NC(=O)Nc1nc(OC)cc(OC)n1. The van der Waals surface area contributed by atoms with E-state index < -0.39 is 52.7 Å². The number of esters is 1. The Labute approximate surface area is 188 Å². The number of hydrogen-bond acceptors (Lipinski definition) is 11. The van der Waals surface area contributed by atoms with E-state index in [4.69, 9.17) is 14.2 Å². The summed E-state index contributed by atoms with van der Waals surface area (Å²) in [4.78, 5) is 34.4. The van der Waals surface area contributed by atoms with Crippen LogP contribution < -0.4 is 19.5 Å². The molecule has 1 unspecified atom stereocenters. The van der Waals surface area contributed by atoms with E-state index in [-0.39, 0.29) is 23.4 Å². The summed E-state index contributed by atoms with van der Waals surface area (Å²) in [7, 11) is -0.629. The third-order valence-electron chi connectivity index (χ3n) is 3.85. The highest BCUT2D eigenvalue weighted by Crippen LogP contribution is 2.18. The minimum absolute atomic E-state index is 0.0676. The van der Waals surface area contributed by atoms with E-state index in [2.05, 4.69) is 25.0 Å². The van der Waals surface area contributed by atoms with Crippen molar-refractivity contribution >= 4 is 28.0 Å². The molecule has 0 aliphatic carbocycles. The highest BCUT2D eigenvalue weighted by atomic mass is 32.2. The maximum atomic E-state index is 14.3. The maximum absolute atomic E-state index is 14.3. The average Bonchev–Trinajstić information content (AvgIpc) is 2.78. The minimum Gasteiger partial charge on any atom is -0.481 e. The summed E-state index contributed by atoms with van der Waals surface area (Å²) in [5.74, 6) is -0.830. The first-order chi connectivity index (χ1) is 15.7. The molecule has 0 aromatic carbocycles. The molecule has 0 aliphatic rings. The van der Waals surface area contributed by atoms with Crippen LogP contribution in [-0.2, 0) is 30.7 Å². The van der Waals surface area contributed by atoms with Gasteiger partial charge in [0.05, 0.1) is 39.7 Å². The maximum Gasteiger partial charge on any atom is 0.335 e. The van der Waals surface area contributed by atoms with Crippen LogP contribution in [0.5, 0.6) is 11.8 Å². The van der Waals surface area contributed by atoms with Crippen LogP contribution in [0.3, 0.4) is 0 Å². The molecule has 15 heteroatoms. The number of sulfonamides is 1. The summed E-state index contributed by atoms with van der Waals surface area (Å²) in [6.45, 7) is -0.947. The molecule has 0 fully saturated rings. The molecule has 0 bridgehead atoms. The molecule has 33 heavy (non-hydrogen) atoms. The van der Waals surface area contributed by atoms with Gasteiger partial charge in [-0.25, -0.2) is 27.1 Å². The van der Waals surface area contributed by atoms with Crippen LogP contribution in [0.25, 0.3) is 0 Å². The Morgan fingerprint density at radius 1 is 1.15 bits per heavy atom. The van der Waals surface area contributed by atoms with E-state index in [9.17, 15) is 22.4 Å². The Kier molecular flexibility index (Phi) is 9.23. The number of nitrogens with one attached hydrogen (secondary N) is 2. The fourth-order valence-electron chi connectivity index (χ4n) is 2.39. The third kappa shape index (κ3) is 7.80. The molecule has 13 nitrogen and oxygen atoms in total. The summed E-state index contributed by atoms with van der Waals surface area (Å²) in [5.41, 5.74) is -0.147. The molecule has 2 aromatic heterocycles. The molecule has 0 spiro atoms. The second kappa shape index (κ2) is 11.9. The topological polar surface area (TPSA) is 168 Å². The van der Waals surface area contributed by atoms with Crippen molar-refractivity contribution in [3.63, 3.8) is 0 Å². The van der Waals surface area contributed by atoms with Crippen molar-refractivity contribution in [2.45, 2.75) is 17.5 Å². The van der Waals surface area contributed by atoms with E-state index >= 15 is 0 Å². The van der Waals surface area contributed by atoms with Crippen molar-refractivity contribution in [1.82, 2.24) is 19.7 Å². The number of carbonyl (C=O) groups is 2. The van der Waals surface area contributed by atoms with Gasteiger partial charge in [-0.3, -0.25) is 10.3 Å². The highest BCUT2D eigenvalue weighted by molar-refractivity contribution is 7.90. The quantitative estimate of drug-likeness (QED) is 0.423. The van der Waals surface area contributed by atoms with Crippen LogP contribution in [0.4, 0.5) is 15.1 Å². The molecule has 1 atom stereocenters. The number of amides is 2. The van der Waals surface area contributed by atoms with Gasteiger partial charge in [-0.1, -0.05) is 0 Å². The third-order valence-corrected chi connectivity index (χ3v) is 5.25. The van der Waals surface area contributed by atoms with Gasteiger partial charge in [0, 0.05) is 12.6 Å². The van der Waals surface area contributed by atoms with Gasteiger partial charge in [-0.2, -0.15) is 9.97 Å². The lowest BCUT2D eigenvalue weighted by Gasteiger charge is -2.13. The second-order valence-corrected chi connectivity index (χ2v) is 7.83. The zero-order chi connectivity index (χ0) is 24.4. The van der Waals surface area contributed by atoms with E-state index in [0.717, 1.165) is 13.2 Å². The molecule has 180 valence electrons. The number of anilines is 1. The number of carbonyl (C=O) groups excluding carboxylic acids is 2. The van der Waals surface area contributed by atoms with Crippen LogP contribution in [0.2, 0.25) is 0 Å². The molecule has 2 aromatic rings. The van der Waals surface area contributed by atoms with Gasteiger partial charge in [0.25, 0.3) is 10.0 Å². The van der Waals surface area contributed by atoms with Gasteiger partial charge < -0.3 is 18.9 Å². The predicted octanol–water partition coefficient (Wildman–Crippen LogP) is 0.469. The van der Waals surface area contributed by atoms with E-state index in [1.165, 1.54) is 32.5 Å². The largest absolute Gasteiger partial charge is 0.481 e. The summed E-state index contributed by atoms with van der Waals surface area (Å²) >= 11 is 0. The van der Waals surface area contributed by atoms with Gasteiger partial charge in [0.15, 0.2) is 0 Å². The van der Waals surface area contributed by atoms with E-state index in [1.54, 1.807) is 4.72 Å². The fraction of sp³-hybridized carbons (Fsp3) is 0.389. The van der Waals surface area contributed by atoms with Crippen LogP contribution in [0, 0.1) is 0 Å². The summed E-state index contributed by atoms with van der Waals surface area (Å²) < 4.78 is 60.6. The Morgan fingerprint density at radius 3 is 2.42 bits per heavy atom. The van der Waals surface area contributed by atoms with Crippen molar-refractivity contribution in [3.8, 4) is 11.8 Å². The summed E-state index contributed by atoms with van der Waals surface area (Å²) in [6.07, 6.45) is -0.854. The minimum atomic E-state index is -4.45. The molecular formula is C18H22FN5O8S. The molecule has 0 aliphatic heterocycles. The van der Waals surface area contributed by atoms with Crippen LogP contribution in [0.1, 0.15) is 5.69 Å². The molecule has 2 rings (SSSR count). The number of rotatable bonds is 11. The van der Waals surface area contributed by atoms with Crippen molar-refractivity contribution in [1.29, 1.82) is 0 Å². The first-order valence-electron chi connectivity index (χ1n) is 9.22. The highest BCUT2D eigenvalue weighted by Gasteiger charge is 2.24. The van der Waals surface area contributed by atoms with Crippen molar-refractivity contribution in [3.05, 3.63) is 30.1 Å². The van der Waals surface area contributed by atoms with Crippen molar-refractivity contribution < 1.29 is 41.3 Å². The van der Waals surface area contributed by atoms with Gasteiger partial charge >= 0.3 is 12.0 Å². The number of nitrogens with zero attached hydrogens (tertiary/aromatic N) is 3. The number of alkyl halides is 1. The number of aromatic nitrogens is 3. The van der Waals surface area contributed by atoms with E-state index in [1.807, 2.05) is 0 Å². The van der Waals surface area contributed by atoms with Gasteiger partial charge in [-0.05, 0) is 12.1 Å². The first-order valence-corrected chi connectivity index (χ1v) is 10.7. The Morgan fingerprint density at radius 2 is 1.82 bits per heavy atom. The fourth-order valence-corrected chi connectivity index (χ4v) is 3.50. The normalized spacial score (nSPS) is 11.9.